The van der Waals surface area contributed by atoms with E-state index in [0.717, 1.165) is 17.8 Å². The second-order valence-corrected chi connectivity index (χ2v) is 9.79. The number of thiophene rings is 1. The highest BCUT2D eigenvalue weighted by atomic mass is 32.2. The maximum absolute atomic E-state index is 12.2. The number of hydrogen-bond acceptors (Lipinski definition) is 5. The predicted molar refractivity (Wildman–Crippen MR) is 94.1 cm³/mol. The van der Waals surface area contributed by atoms with Gasteiger partial charge >= 0.3 is 5.69 Å². The van der Waals surface area contributed by atoms with Gasteiger partial charge in [0, 0.05) is 19.5 Å². The lowest BCUT2D eigenvalue weighted by Gasteiger charge is -2.32. The molecule has 0 aromatic carbocycles. The van der Waals surface area contributed by atoms with Crippen LogP contribution in [0.25, 0.3) is 5.00 Å². The average Bonchev–Trinajstić information content (AvgIpc) is 3.17. The fourth-order valence-corrected chi connectivity index (χ4v) is 5.08. The highest BCUT2D eigenvalue weighted by Crippen LogP contribution is 2.25. The first-order chi connectivity index (χ1) is 11.4. The fraction of sp³-hybridized carbons (Fsp3) is 0.600. The zero-order valence-corrected chi connectivity index (χ0v) is 15.4. The summed E-state index contributed by atoms with van der Waals surface area (Å²) in [7, 11) is -3.18. The van der Waals surface area contributed by atoms with Gasteiger partial charge in [-0.1, -0.05) is 0 Å². The third-order valence-electron chi connectivity index (χ3n) is 4.47. The molecule has 0 amide bonds. The van der Waals surface area contributed by atoms with Gasteiger partial charge in [0.15, 0.2) is 0 Å². The summed E-state index contributed by atoms with van der Waals surface area (Å²) in [6.07, 6.45) is 2.25. The molecule has 3 heterocycles. The molecule has 0 saturated carbocycles. The normalized spacial score (nSPS) is 17.6. The third-order valence-corrected chi connectivity index (χ3v) is 7.60. The van der Waals surface area contributed by atoms with Gasteiger partial charge in [0.2, 0.25) is 10.0 Å². The topological polar surface area (TPSA) is 88.1 Å². The smallest absolute Gasteiger partial charge is 0.246 e. The highest BCUT2D eigenvalue weighted by Gasteiger charge is 2.30. The van der Waals surface area contributed by atoms with E-state index in [0.29, 0.717) is 31.3 Å². The SMILES string of the molecule is CC(C)S(=O)(=O)N1CCC(Cc2n[nH]c(=O)n2-c2cccs2)CC1. The molecular weight excluding hydrogens is 348 g/mol. The molecular formula is C15H22N4O3S2. The monoisotopic (exact) mass is 370 g/mol. The molecule has 1 N–H and O–H groups in total. The lowest BCUT2D eigenvalue weighted by molar-refractivity contribution is 0.268. The number of aromatic amines is 1. The standard InChI is InChI=1S/C15H22N4O3S2/c1-11(2)24(21,22)18-7-5-12(6-8-18)10-13-16-17-15(20)19(13)14-4-3-9-23-14/h3-4,9,11-12H,5-8,10H2,1-2H3,(H,17,20). The summed E-state index contributed by atoms with van der Waals surface area (Å²) in [5.41, 5.74) is -0.229. The van der Waals surface area contributed by atoms with E-state index >= 15 is 0 Å². The van der Waals surface area contributed by atoms with Crippen molar-refractivity contribution in [2.24, 2.45) is 5.92 Å². The van der Waals surface area contributed by atoms with Crippen molar-refractivity contribution in [1.29, 1.82) is 0 Å². The van der Waals surface area contributed by atoms with Crippen molar-refractivity contribution in [3.8, 4) is 5.00 Å². The fourth-order valence-electron chi connectivity index (χ4n) is 3.02. The van der Waals surface area contributed by atoms with Crippen LogP contribution >= 0.6 is 11.3 Å². The van der Waals surface area contributed by atoms with Gasteiger partial charge in [0.05, 0.1) is 5.25 Å². The molecule has 9 heteroatoms. The Morgan fingerprint density at radius 2 is 2.08 bits per heavy atom. The summed E-state index contributed by atoms with van der Waals surface area (Å²) in [6, 6.07) is 3.79. The number of aromatic nitrogens is 3. The van der Waals surface area contributed by atoms with Crippen LogP contribution in [0.5, 0.6) is 0 Å². The number of nitrogens with one attached hydrogen (secondary N) is 1. The molecule has 3 rings (SSSR count). The van der Waals surface area contributed by atoms with Crippen LogP contribution in [0.3, 0.4) is 0 Å². The third kappa shape index (κ3) is 3.33. The first kappa shape index (κ1) is 17.4. The number of sulfonamides is 1. The lowest BCUT2D eigenvalue weighted by atomic mass is 9.94. The zero-order valence-electron chi connectivity index (χ0n) is 13.8. The number of nitrogens with zero attached hydrogens (tertiary/aromatic N) is 3. The van der Waals surface area contributed by atoms with Crippen molar-refractivity contribution in [2.75, 3.05) is 13.1 Å². The molecule has 0 atom stereocenters. The lowest BCUT2D eigenvalue weighted by Crippen LogP contribution is -2.42. The second-order valence-electron chi connectivity index (χ2n) is 6.37. The molecule has 0 bridgehead atoms. The van der Waals surface area contributed by atoms with E-state index in [1.807, 2.05) is 17.5 Å². The molecule has 0 aliphatic carbocycles. The Bertz CT molecular complexity index is 828. The van der Waals surface area contributed by atoms with Gasteiger partial charge in [-0.15, -0.1) is 11.3 Å². The van der Waals surface area contributed by atoms with Gasteiger partial charge < -0.3 is 0 Å². The molecule has 132 valence electrons. The average molecular weight is 371 g/mol. The molecule has 7 nitrogen and oxygen atoms in total. The Hall–Kier alpha value is -1.45. The minimum atomic E-state index is -3.18. The van der Waals surface area contributed by atoms with E-state index in [1.165, 1.54) is 11.3 Å². The van der Waals surface area contributed by atoms with Crippen molar-refractivity contribution < 1.29 is 8.42 Å². The van der Waals surface area contributed by atoms with Crippen molar-refractivity contribution in [3.63, 3.8) is 0 Å². The van der Waals surface area contributed by atoms with Crippen LogP contribution in [0.15, 0.2) is 22.3 Å². The summed E-state index contributed by atoms with van der Waals surface area (Å²) in [4.78, 5) is 12.0. The first-order valence-electron chi connectivity index (χ1n) is 8.08. The van der Waals surface area contributed by atoms with Crippen molar-refractivity contribution in [2.45, 2.75) is 38.4 Å². The summed E-state index contributed by atoms with van der Waals surface area (Å²) >= 11 is 1.49. The van der Waals surface area contributed by atoms with Gasteiger partial charge in [-0.3, -0.25) is 0 Å². The molecule has 1 fully saturated rings. The van der Waals surface area contributed by atoms with E-state index in [-0.39, 0.29) is 10.9 Å². The largest absolute Gasteiger partial charge is 0.348 e. The zero-order chi connectivity index (χ0) is 17.3. The van der Waals surface area contributed by atoms with Gasteiger partial charge in [0.25, 0.3) is 0 Å². The Morgan fingerprint density at radius 3 is 2.67 bits per heavy atom. The highest BCUT2D eigenvalue weighted by molar-refractivity contribution is 7.89. The van der Waals surface area contributed by atoms with Crippen LogP contribution < -0.4 is 5.69 Å². The van der Waals surface area contributed by atoms with Crippen LogP contribution in [0, 0.1) is 5.92 Å². The van der Waals surface area contributed by atoms with Crippen LogP contribution in [-0.2, 0) is 16.4 Å². The molecule has 1 aliphatic heterocycles. The quantitative estimate of drug-likeness (QED) is 0.866. The summed E-state index contributed by atoms with van der Waals surface area (Å²) in [5.74, 6) is 1.05. The summed E-state index contributed by atoms with van der Waals surface area (Å²) in [6.45, 7) is 4.51. The molecule has 0 spiro atoms. The minimum Gasteiger partial charge on any atom is -0.246 e. The van der Waals surface area contributed by atoms with Crippen LogP contribution in [0.4, 0.5) is 0 Å². The maximum Gasteiger partial charge on any atom is 0.348 e. The van der Waals surface area contributed by atoms with E-state index in [2.05, 4.69) is 10.2 Å². The molecule has 24 heavy (non-hydrogen) atoms. The van der Waals surface area contributed by atoms with Crippen LogP contribution in [0.2, 0.25) is 0 Å². The number of H-pyrrole nitrogens is 1. The maximum atomic E-state index is 12.2. The Kier molecular flexibility index (Phi) is 4.93. The molecule has 0 unspecified atom stereocenters. The van der Waals surface area contributed by atoms with Crippen molar-refractivity contribution >= 4 is 21.4 Å². The molecule has 2 aromatic rings. The predicted octanol–water partition coefficient (Wildman–Crippen LogP) is 1.61. The summed E-state index contributed by atoms with van der Waals surface area (Å²) in [5, 5.41) is 9.07. The van der Waals surface area contributed by atoms with E-state index in [1.54, 1.807) is 22.7 Å². The number of hydrogen-bond donors (Lipinski definition) is 1. The van der Waals surface area contributed by atoms with Crippen molar-refractivity contribution in [3.05, 3.63) is 33.8 Å². The van der Waals surface area contributed by atoms with Gasteiger partial charge in [-0.25, -0.2) is 27.2 Å². The van der Waals surface area contributed by atoms with E-state index < -0.39 is 10.0 Å². The number of piperidine rings is 1. The summed E-state index contributed by atoms with van der Waals surface area (Å²) < 4.78 is 27.7. The van der Waals surface area contributed by atoms with Crippen molar-refractivity contribution in [1.82, 2.24) is 19.1 Å². The Morgan fingerprint density at radius 1 is 1.38 bits per heavy atom. The van der Waals surface area contributed by atoms with Gasteiger partial charge in [0.1, 0.15) is 10.8 Å². The van der Waals surface area contributed by atoms with E-state index in [4.69, 9.17) is 0 Å². The van der Waals surface area contributed by atoms with Gasteiger partial charge in [-0.05, 0) is 50.1 Å². The Labute approximate surface area is 145 Å². The van der Waals surface area contributed by atoms with E-state index in [9.17, 15) is 13.2 Å². The molecule has 2 aromatic heterocycles. The number of rotatable bonds is 5. The Balaban J connectivity index is 1.69. The van der Waals surface area contributed by atoms with Crippen LogP contribution in [-0.4, -0.2) is 45.8 Å². The first-order valence-corrected chi connectivity index (χ1v) is 10.5. The second kappa shape index (κ2) is 6.81. The van der Waals surface area contributed by atoms with Gasteiger partial charge in [-0.2, -0.15) is 5.10 Å². The molecule has 1 aliphatic rings. The molecule has 0 radical (unpaired) electrons. The minimum absolute atomic E-state index is 0.229. The van der Waals surface area contributed by atoms with Crippen LogP contribution in [0.1, 0.15) is 32.5 Å². The molecule has 1 saturated heterocycles.